The first-order valence-corrected chi connectivity index (χ1v) is 6.00. The van der Waals surface area contributed by atoms with Crippen LogP contribution < -0.4 is 5.73 Å². The minimum absolute atomic E-state index is 0.121. The second-order valence-electron chi connectivity index (χ2n) is 5.09. The van der Waals surface area contributed by atoms with E-state index >= 15 is 0 Å². The van der Waals surface area contributed by atoms with Crippen molar-refractivity contribution in [3.05, 3.63) is 0 Å². The lowest BCUT2D eigenvalue weighted by Gasteiger charge is -2.28. The first-order chi connectivity index (χ1) is 7.79. The maximum absolute atomic E-state index is 12.2. The predicted octanol–water partition coefficient (Wildman–Crippen LogP) is 0.787. The molecule has 100 valence electrons. The van der Waals surface area contributed by atoms with Gasteiger partial charge in [0.15, 0.2) is 0 Å². The number of carbonyl (C=O) groups is 2. The van der Waals surface area contributed by atoms with Crippen molar-refractivity contribution in [1.29, 1.82) is 0 Å². The first kappa shape index (κ1) is 15.9. The van der Waals surface area contributed by atoms with Crippen LogP contribution in [0.5, 0.6) is 0 Å². The Kier molecular flexibility index (Phi) is 6.80. The number of carbonyl (C=O) groups excluding carboxylic acids is 1. The van der Waals surface area contributed by atoms with E-state index in [2.05, 4.69) is 0 Å². The van der Waals surface area contributed by atoms with Crippen molar-refractivity contribution in [1.82, 2.24) is 4.90 Å². The Bertz CT molecular complexity index is 264. The van der Waals surface area contributed by atoms with E-state index in [0.29, 0.717) is 6.54 Å². The predicted molar refractivity (Wildman–Crippen MR) is 66.4 cm³/mol. The number of carboxylic acid groups (broad SMARTS) is 1. The lowest BCUT2D eigenvalue weighted by atomic mass is 9.94. The van der Waals surface area contributed by atoms with Gasteiger partial charge < -0.3 is 15.7 Å². The molecule has 1 atom stereocenters. The molecule has 1 amide bonds. The monoisotopic (exact) mass is 244 g/mol. The van der Waals surface area contributed by atoms with Crippen molar-refractivity contribution in [2.24, 2.45) is 23.5 Å². The van der Waals surface area contributed by atoms with Crippen LogP contribution in [0.3, 0.4) is 0 Å². The number of rotatable bonds is 7. The molecule has 0 aromatic rings. The molecule has 0 radical (unpaired) electrons. The van der Waals surface area contributed by atoms with E-state index < -0.39 is 5.97 Å². The molecule has 5 nitrogen and oxygen atoms in total. The Balaban J connectivity index is 4.76. The summed E-state index contributed by atoms with van der Waals surface area (Å²) in [6, 6.07) is 0. The molecule has 0 aromatic heterocycles. The maximum Gasteiger partial charge on any atom is 0.323 e. The van der Waals surface area contributed by atoms with Crippen LogP contribution in [0, 0.1) is 17.8 Å². The third-order valence-electron chi connectivity index (χ3n) is 2.60. The highest BCUT2D eigenvalue weighted by molar-refractivity contribution is 5.83. The zero-order valence-corrected chi connectivity index (χ0v) is 11.1. The van der Waals surface area contributed by atoms with Gasteiger partial charge in [0.2, 0.25) is 5.91 Å². The Morgan fingerprint density at radius 1 is 1.24 bits per heavy atom. The van der Waals surface area contributed by atoms with Crippen molar-refractivity contribution in [3.63, 3.8) is 0 Å². The zero-order valence-electron chi connectivity index (χ0n) is 11.1. The summed E-state index contributed by atoms with van der Waals surface area (Å²) in [5, 5.41) is 8.81. The summed E-state index contributed by atoms with van der Waals surface area (Å²) in [6.45, 7) is 8.21. The van der Waals surface area contributed by atoms with Crippen LogP contribution in [0.25, 0.3) is 0 Å². The molecule has 17 heavy (non-hydrogen) atoms. The van der Waals surface area contributed by atoms with E-state index in [1.54, 1.807) is 0 Å². The summed E-state index contributed by atoms with van der Waals surface area (Å²) in [6.07, 6.45) is 0. The van der Waals surface area contributed by atoms with Crippen molar-refractivity contribution in [3.8, 4) is 0 Å². The molecule has 5 heteroatoms. The van der Waals surface area contributed by atoms with Gasteiger partial charge >= 0.3 is 5.97 Å². The molecule has 0 bridgehead atoms. The highest BCUT2D eigenvalue weighted by Crippen LogP contribution is 2.14. The average molecular weight is 244 g/mol. The molecule has 0 aliphatic rings. The van der Waals surface area contributed by atoms with E-state index in [1.165, 1.54) is 4.90 Å². The van der Waals surface area contributed by atoms with Crippen LogP contribution >= 0.6 is 0 Å². The second-order valence-corrected chi connectivity index (χ2v) is 5.09. The summed E-state index contributed by atoms with van der Waals surface area (Å²) in [5.74, 6) is -1.08. The highest BCUT2D eigenvalue weighted by atomic mass is 16.4. The quantitative estimate of drug-likeness (QED) is 0.693. The van der Waals surface area contributed by atoms with Gasteiger partial charge in [-0.1, -0.05) is 27.7 Å². The molecule has 0 rings (SSSR count). The summed E-state index contributed by atoms with van der Waals surface area (Å²) < 4.78 is 0. The Morgan fingerprint density at radius 3 is 2.06 bits per heavy atom. The number of hydrogen-bond acceptors (Lipinski definition) is 3. The van der Waals surface area contributed by atoms with Crippen LogP contribution in [-0.2, 0) is 9.59 Å². The summed E-state index contributed by atoms with van der Waals surface area (Å²) >= 11 is 0. The summed E-state index contributed by atoms with van der Waals surface area (Å²) in [5.41, 5.74) is 5.58. The molecule has 0 fully saturated rings. The highest BCUT2D eigenvalue weighted by Gasteiger charge is 2.27. The first-order valence-electron chi connectivity index (χ1n) is 6.00. The second kappa shape index (κ2) is 7.27. The Labute approximate surface area is 103 Å². The fourth-order valence-corrected chi connectivity index (χ4v) is 1.73. The molecule has 0 aliphatic carbocycles. The van der Waals surface area contributed by atoms with Crippen LogP contribution in [0.15, 0.2) is 0 Å². The number of amides is 1. The molecule has 3 N–H and O–H groups in total. The van der Waals surface area contributed by atoms with Crippen molar-refractivity contribution < 1.29 is 14.7 Å². The summed E-state index contributed by atoms with van der Waals surface area (Å²) in [4.78, 5) is 24.3. The fraction of sp³-hybridized carbons (Fsp3) is 0.833. The van der Waals surface area contributed by atoms with E-state index in [0.717, 1.165) is 0 Å². The number of aliphatic carboxylic acids is 1. The third-order valence-corrected chi connectivity index (χ3v) is 2.60. The van der Waals surface area contributed by atoms with Crippen LogP contribution in [-0.4, -0.2) is 41.5 Å². The number of nitrogens with zero attached hydrogens (tertiary/aromatic N) is 1. The fourth-order valence-electron chi connectivity index (χ4n) is 1.73. The van der Waals surface area contributed by atoms with E-state index in [9.17, 15) is 9.59 Å². The molecular formula is C12H24N2O3. The molecule has 0 aromatic carbocycles. The van der Waals surface area contributed by atoms with Gasteiger partial charge in [-0.15, -0.1) is 0 Å². The van der Waals surface area contributed by atoms with Gasteiger partial charge in [0.05, 0.1) is 5.92 Å². The third kappa shape index (κ3) is 5.68. The van der Waals surface area contributed by atoms with E-state index in [4.69, 9.17) is 10.8 Å². The average Bonchev–Trinajstić information content (AvgIpc) is 2.15. The molecule has 0 saturated heterocycles. The van der Waals surface area contributed by atoms with Gasteiger partial charge in [-0.05, 0) is 11.8 Å². The van der Waals surface area contributed by atoms with Gasteiger partial charge in [-0.25, -0.2) is 0 Å². The standard InChI is InChI=1S/C12H24N2O3/c1-8(2)6-14(7-11(15)16)12(17)10(5-13)9(3)4/h8-10H,5-7,13H2,1-4H3,(H,15,16). The number of carboxylic acids is 1. The van der Waals surface area contributed by atoms with Gasteiger partial charge in [-0.3, -0.25) is 9.59 Å². The molecule has 0 saturated carbocycles. The van der Waals surface area contributed by atoms with Gasteiger partial charge in [-0.2, -0.15) is 0 Å². The lowest BCUT2D eigenvalue weighted by Crippen LogP contribution is -2.45. The van der Waals surface area contributed by atoms with E-state index in [-0.39, 0.29) is 36.8 Å². The van der Waals surface area contributed by atoms with Crippen molar-refractivity contribution >= 4 is 11.9 Å². The lowest BCUT2D eigenvalue weighted by molar-refractivity contribution is -0.147. The van der Waals surface area contributed by atoms with Crippen molar-refractivity contribution in [2.45, 2.75) is 27.7 Å². The Morgan fingerprint density at radius 2 is 1.76 bits per heavy atom. The van der Waals surface area contributed by atoms with Crippen molar-refractivity contribution in [2.75, 3.05) is 19.6 Å². The molecule has 1 unspecified atom stereocenters. The molecule has 0 heterocycles. The van der Waals surface area contributed by atoms with Crippen LogP contribution in [0.4, 0.5) is 0 Å². The maximum atomic E-state index is 12.2. The smallest absolute Gasteiger partial charge is 0.323 e. The van der Waals surface area contributed by atoms with Gasteiger partial charge in [0, 0.05) is 13.1 Å². The number of hydrogen-bond donors (Lipinski definition) is 2. The normalized spacial score (nSPS) is 12.9. The molecule has 0 aliphatic heterocycles. The van der Waals surface area contributed by atoms with Crippen LogP contribution in [0.2, 0.25) is 0 Å². The SMILES string of the molecule is CC(C)CN(CC(=O)O)C(=O)C(CN)C(C)C. The summed E-state index contributed by atoms with van der Waals surface area (Å²) in [7, 11) is 0. The Hall–Kier alpha value is -1.10. The number of nitrogens with two attached hydrogens (primary N) is 1. The minimum atomic E-state index is -0.987. The van der Waals surface area contributed by atoms with Crippen LogP contribution in [0.1, 0.15) is 27.7 Å². The molecular weight excluding hydrogens is 220 g/mol. The van der Waals surface area contributed by atoms with Gasteiger partial charge in [0.1, 0.15) is 6.54 Å². The van der Waals surface area contributed by atoms with Gasteiger partial charge in [0.25, 0.3) is 0 Å². The zero-order chi connectivity index (χ0) is 13.6. The topological polar surface area (TPSA) is 83.6 Å². The largest absolute Gasteiger partial charge is 0.480 e. The minimum Gasteiger partial charge on any atom is -0.480 e. The van der Waals surface area contributed by atoms with E-state index in [1.807, 2.05) is 27.7 Å². The molecule has 0 spiro atoms.